The fourth-order valence-electron chi connectivity index (χ4n) is 5.44. The molecule has 1 saturated carbocycles. The van der Waals surface area contributed by atoms with E-state index in [0.29, 0.717) is 30.1 Å². The van der Waals surface area contributed by atoms with Gasteiger partial charge in [0.2, 0.25) is 0 Å². The van der Waals surface area contributed by atoms with Crippen LogP contribution in [0.4, 0.5) is 4.39 Å². The predicted molar refractivity (Wildman–Crippen MR) is 102 cm³/mol. The second-order valence-electron chi connectivity index (χ2n) is 8.92. The van der Waals surface area contributed by atoms with E-state index in [-0.39, 0.29) is 0 Å². The number of halogens is 1. The largest absolute Gasteiger partial charge is 0.327 e. The van der Waals surface area contributed by atoms with Crippen molar-refractivity contribution in [3.05, 3.63) is 0 Å². The van der Waals surface area contributed by atoms with Crippen LogP contribution in [0.25, 0.3) is 0 Å². The van der Waals surface area contributed by atoms with Gasteiger partial charge < -0.3 is 16.0 Å². The Labute approximate surface area is 157 Å². The van der Waals surface area contributed by atoms with Crippen LogP contribution in [0.3, 0.4) is 0 Å². The number of piperazine rings is 1. The lowest BCUT2D eigenvalue weighted by Gasteiger charge is -2.43. The lowest BCUT2D eigenvalue weighted by atomic mass is 9.79. The van der Waals surface area contributed by atoms with Gasteiger partial charge in [0.25, 0.3) is 0 Å². The van der Waals surface area contributed by atoms with Crippen molar-refractivity contribution in [2.75, 3.05) is 45.8 Å². The molecule has 5 N–H and O–H groups in total. The normalized spacial score (nSPS) is 43.6. The Morgan fingerprint density at radius 2 is 1.69 bits per heavy atom. The fraction of sp³-hybridized carbons (Fsp3) is 1.00. The highest BCUT2D eigenvalue weighted by Crippen LogP contribution is 2.32. The summed E-state index contributed by atoms with van der Waals surface area (Å²) in [4.78, 5) is 5.24. The summed E-state index contributed by atoms with van der Waals surface area (Å²) in [6, 6.07) is 0.848. The number of hydrazine groups is 1. The molecule has 4 rings (SSSR count). The van der Waals surface area contributed by atoms with Crippen LogP contribution < -0.4 is 21.9 Å². The van der Waals surface area contributed by atoms with Crippen molar-refractivity contribution < 1.29 is 4.39 Å². The van der Waals surface area contributed by atoms with Crippen LogP contribution in [0.1, 0.15) is 38.5 Å². The number of nitrogens with one attached hydrogen (secondary N) is 3. The highest BCUT2D eigenvalue weighted by molar-refractivity contribution is 4.92. The average Bonchev–Trinajstić information content (AvgIpc) is 3.12. The van der Waals surface area contributed by atoms with Gasteiger partial charge in [0.05, 0.1) is 6.17 Å². The predicted octanol–water partition coefficient (Wildman–Crippen LogP) is 0.262. The molecule has 4 unspecified atom stereocenters. The SMILES string of the molecule is NC1CCC(N2CCN(CC3CNNC3C3CCC(F)CC3)CC2)NC1. The lowest BCUT2D eigenvalue weighted by molar-refractivity contribution is 0.0555. The minimum atomic E-state index is -0.560. The summed E-state index contributed by atoms with van der Waals surface area (Å²) in [5.74, 6) is 1.28. The first-order valence-corrected chi connectivity index (χ1v) is 10.8. The second-order valence-corrected chi connectivity index (χ2v) is 8.92. The monoisotopic (exact) mass is 368 g/mol. The van der Waals surface area contributed by atoms with E-state index >= 15 is 0 Å². The van der Waals surface area contributed by atoms with Gasteiger partial charge in [-0.05, 0) is 44.4 Å². The maximum Gasteiger partial charge on any atom is 0.100 e. The Balaban J connectivity index is 1.22. The van der Waals surface area contributed by atoms with E-state index in [9.17, 15) is 4.39 Å². The third-order valence-corrected chi connectivity index (χ3v) is 7.12. The minimum Gasteiger partial charge on any atom is -0.327 e. The van der Waals surface area contributed by atoms with Crippen LogP contribution in [0.5, 0.6) is 0 Å². The molecular formula is C19H37FN6. The highest BCUT2D eigenvalue weighted by Gasteiger charge is 2.37. The van der Waals surface area contributed by atoms with Crippen molar-refractivity contribution in [1.82, 2.24) is 26.0 Å². The number of hydrogen-bond acceptors (Lipinski definition) is 6. The van der Waals surface area contributed by atoms with E-state index < -0.39 is 6.17 Å². The number of piperidine rings is 1. The summed E-state index contributed by atoms with van der Waals surface area (Å²) in [5.41, 5.74) is 12.9. The molecule has 3 aliphatic heterocycles. The van der Waals surface area contributed by atoms with E-state index in [1.54, 1.807) is 0 Å². The maximum atomic E-state index is 13.5. The van der Waals surface area contributed by atoms with Gasteiger partial charge in [-0.25, -0.2) is 4.39 Å². The molecule has 0 radical (unpaired) electrons. The number of nitrogens with zero attached hydrogens (tertiary/aromatic N) is 2. The Morgan fingerprint density at radius 1 is 0.923 bits per heavy atom. The van der Waals surface area contributed by atoms with E-state index in [1.807, 2.05) is 0 Å². The minimum absolute atomic E-state index is 0.333. The van der Waals surface area contributed by atoms with Crippen LogP contribution in [0.2, 0.25) is 0 Å². The van der Waals surface area contributed by atoms with Gasteiger partial charge in [-0.3, -0.25) is 15.8 Å². The van der Waals surface area contributed by atoms with Gasteiger partial charge in [-0.1, -0.05) is 0 Å². The van der Waals surface area contributed by atoms with Crippen molar-refractivity contribution in [3.8, 4) is 0 Å². The number of nitrogens with two attached hydrogens (primary N) is 1. The fourth-order valence-corrected chi connectivity index (χ4v) is 5.44. The third kappa shape index (κ3) is 4.56. The number of alkyl halides is 1. The molecule has 6 nitrogen and oxygen atoms in total. The van der Waals surface area contributed by atoms with E-state index in [4.69, 9.17) is 5.73 Å². The Morgan fingerprint density at radius 3 is 2.38 bits per heavy atom. The van der Waals surface area contributed by atoms with Crippen molar-refractivity contribution in [2.45, 2.75) is 62.9 Å². The summed E-state index contributed by atoms with van der Waals surface area (Å²) in [6.45, 7) is 7.78. The molecule has 3 saturated heterocycles. The van der Waals surface area contributed by atoms with Gasteiger partial charge in [0.15, 0.2) is 0 Å². The summed E-state index contributed by atoms with van der Waals surface area (Å²) < 4.78 is 13.5. The second kappa shape index (κ2) is 8.80. The van der Waals surface area contributed by atoms with Gasteiger partial charge >= 0.3 is 0 Å². The average molecular weight is 369 g/mol. The first-order chi connectivity index (χ1) is 12.7. The van der Waals surface area contributed by atoms with E-state index in [0.717, 1.165) is 77.9 Å². The molecule has 0 aromatic rings. The molecule has 4 atom stereocenters. The third-order valence-electron chi connectivity index (χ3n) is 7.12. The number of hydrogen-bond donors (Lipinski definition) is 4. The topological polar surface area (TPSA) is 68.6 Å². The van der Waals surface area contributed by atoms with Crippen molar-refractivity contribution in [2.24, 2.45) is 17.6 Å². The smallest absolute Gasteiger partial charge is 0.100 e. The molecule has 0 spiro atoms. The molecule has 150 valence electrons. The first kappa shape index (κ1) is 19.0. The quantitative estimate of drug-likeness (QED) is 0.571. The first-order valence-electron chi connectivity index (χ1n) is 10.8. The van der Waals surface area contributed by atoms with Gasteiger partial charge in [0.1, 0.15) is 6.17 Å². The van der Waals surface area contributed by atoms with Crippen LogP contribution in [-0.2, 0) is 0 Å². The zero-order valence-corrected chi connectivity index (χ0v) is 16.0. The summed E-state index contributed by atoms with van der Waals surface area (Å²) in [7, 11) is 0. The number of rotatable bonds is 4. The molecule has 7 heteroatoms. The molecule has 3 heterocycles. The zero-order valence-electron chi connectivity index (χ0n) is 16.0. The molecule has 0 amide bonds. The van der Waals surface area contributed by atoms with Gasteiger partial charge in [-0.2, -0.15) is 0 Å². The molecule has 0 aromatic carbocycles. The molecular weight excluding hydrogens is 331 g/mol. The summed E-state index contributed by atoms with van der Waals surface area (Å²) in [5, 5.41) is 3.61. The molecule has 4 fully saturated rings. The molecule has 0 aromatic heterocycles. The van der Waals surface area contributed by atoms with Crippen LogP contribution in [0, 0.1) is 11.8 Å². The van der Waals surface area contributed by atoms with Crippen LogP contribution in [0.15, 0.2) is 0 Å². The Kier molecular flexibility index (Phi) is 6.44. The van der Waals surface area contributed by atoms with Crippen LogP contribution >= 0.6 is 0 Å². The van der Waals surface area contributed by atoms with E-state index in [1.165, 1.54) is 6.42 Å². The maximum absolute atomic E-state index is 13.5. The molecule has 4 aliphatic rings. The van der Waals surface area contributed by atoms with Gasteiger partial charge in [0, 0.05) is 63.8 Å². The summed E-state index contributed by atoms with van der Waals surface area (Å²) >= 11 is 0. The molecule has 0 bridgehead atoms. The van der Waals surface area contributed by atoms with Crippen molar-refractivity contribution >= 4 is 0 Å². The lowest BCUT2D eigenvalue weighted by Crippen LogP contribution is -2.59. The van der Waals surface area contributed by atoms with Crippen molar-refractivity contribution in [1.29, 1.82) is 0 Å². The zero-order chi connectivity index (χ0) is 17.9. The van der Waals surface area contributed by atoms with E-state index in [2.05, 4.69) is 26.0 Å². The Hall–Kier alpha value is -0.310. The standard InChI is InChI=1S/C19H37FN6/c20-16-3-1-14(2-4-16)19-15(11-23-24-19)13-25-7-9-26(10-8-25)18-6-5-17(21)12-22-18/h14-19,22-24H,1-13,21H2. The van der Waals surface area contributed by atoms with Gasteiger partial charge in [-0.15, -0.1) is 0 Å². The Bertz CT molecular complexity index is 428. The molecule has 1 aliphatic carbocycles. The summed E-state index contributed by atoms with van der Waals surface area (Å²) in [6.07, 6.45) is 5.88. The highest BCUT2D eigenvalue weighted by atomic mass is 19.1. The van der Waals surface area contributed by atoms with Crippen LogP contribution in [-0.4, -0.2) is 80.0 Å². The van der Waals surface area contributed by atoms with Crippen molar-refractivity contribution in [3.63, 3.8) is 0 Å². The molecule has 26 heavy (non-hydrogen) atoms.